The first-order valence-electron chi connectivity index (χ1n) is 5.38. The van der Waals surface area contributed by atoms with Crippen molar-refractivity contribution in [1.29, 1.82) is 0 Å². The van der Waals surface area contributed by atoms with Crippen molar-refractivity contribution in [3.05, 3.63) is 35.2 Å². The standard InChI is InChI=1S/C13H16OS/c1-3-9(2)13(14)11-8-15-12-7-5-4-6-10(11)12/h4-9,13-14H,3H2,1-2H3. The highest BCUT2D eigenvalue weighted by atomic mass is 32.1. The first kappa shape index (κ1) is 10.7. The lowest BCUT2D eigenvalue weighted by Gasteiger charge is -2.16. The summed E-state index contributed by atoms with van der Waals surface area (Å²) in [5.74, 6) is 0.322. The fraction of sp³-hybridized carbons (Fsp3) is 0.385. The van der Waals surface area contributed by atoms with Gasteiger partial charge < -0.3 is 5.11 Å². The molecular weight excluding hydrogens is 204 g/mol. The Bertz CT molecular complexity index is 446. The molecule has 15 heavy (non-hydrogen) atoms. The SMILES string of the molecule is CCC(C)C(O)c1csc2ccccc12. The molecule has 2 rings (SSSR count). The van der Waals surface area contributed by atoms with Gasteiger partial charge in [-0.2, -0.15) is 0 Å². The molecule has 0 saturated heterocycles. The van der Waals surface area contributed by atoms with Crippen LogP contribution in [0.1, 0.15) is 31.9 Å². The molecule has 0 fully saturated rings. The Morgan fingerprint density at radius 2 is 2.07 bits per heavy atom. The van der Waals surface area contributed by atoms with Crippen LogP contribution >= 0.6 is 11.3 Å². The van der Waals surface area contributed by atoms with Crippen LogP contribution in [0.2, 0.25) is 0 Å². The van der Waals surface area contributed by atoms with E-state index in [1.165, 1.54) is 10.1 Å². The lowest BCUT2D eigenvalue weighted by molar-refractivity contribution is 0.117. The molecule has 0 aliphatic carbocycles. The largest absolute Gasteiger partial charge is 0.388 e. The number of hydrogen-bond donors (Lipinski definition) is 1. The van der Waals surface area contributed by atoms with Crippen molar-refractivity contribution >= 4 is 21.4 Å². The summed E-state index contributed by atoms with van der Waals surface area (Å²) in [4.78, 5) is 0. The monoisotopic (exact) mass is 220 g/mol. The van der Waals surface area contributed by atoms with Crippen LogP contribution in [-0.4, -0.2) is 5.11 Å². The Balaban J connectivity index is 2.43. The highest BCUT2D eigenvalue weighted by Gasteiger charge is 2.17. The van der Waals surface area contributed by atoms with Crippen molar-refractivity contribution in [2.24, 2.45) is 5.92 Å². The number of rotatable bonds is 3. The number of fused-ring (bicyclic) bond motifs is 1. The molecule has 0 aliphatic heterocycles. The molecule has 0 spiro atoms. The Kier molecular flexibility index (Phi) is 3.08. The van der Waals surface area contributed by atoms with E-state index in [0.29, 0.717) is 5.92 Å². The molecular formula is C13H16OS. The van der Waals surface area contributed by atoms with Crippen LogP contribution in [0.5, 0.6) is 0 Å². The molecule has 1 N–H and O–H groups in total. The summed E-state index contributed by atoms with van der Waals surface area (Å²) in [5, 5.41) is 13.5. The van der Waals surface area contributed by atoms with Crippen LogP contribution in [-0.2, 0) is 0 Å². The summed E-state index contributed by atoms with van der Waals surface area (Å²) >= 11 is 1.71. The maximum absolute atomic E-state index is 10.2. The maximum Gasteiger partial charge on any atom is 0.0829 e. The van der Waals surface area contributed by atoms with Crippen molar-refractivity contribution in [2.45, 2.75) is 26.4 Å². The van der Waals surface area contributed by atoms with Crippen molar-refractivity contribution in [3.8, 4) is 0 Å². The van der Waals surface area contributed by atoms with Crippen LogP contribution in [0, 0.1) is 5.92 Å². The predicted octanol–water partition coefficient (Wildman–Crippen LogP) is 3.98. The van der Waals surface area contributed by atoms with Gasteiger partial charge in [0.1, 0.15) is 0 Å². The predicted molar refractivity (Wildman–Crippen MR) is 66.2 cm³/mol. The molecule has 0 saturated carbocycles. The summed E-state index contributed by atoms with van der Waals surface area (Å²) in [7, 11) is 0. The zero-order valence-electron chi connectivity index (χ0n) is 9.10. The molecule has 0 aliphatic rings. The van der Waals surface area contributed by atoms with Crippen LogP contribution in [0.15, 0.2) is 29.6 Å². The highest BCUT2D eigenvalue weighted by molar-refractivity contribution is 7.17. The number of aliphatic hydroxyl groups excluding tert-OH is 1. The lowest BCUT2D eigenvalue weighted by Crippen LogP contribution is -2.07. The zero-order chi connectivity index (χ0) is 10.8. The van der Waals surface area contributed by atoms with Gasteiger partial charge in [-0.05, 0) is 28.3 Å². The van der Waals surface area contributed by atoms with Crippen molar-refractivity contribution in [3.63, 3.8) is 0 Å². The lowest BCUT2D eigenvalue weighted by atomic mass is 9.95. The van der Waals surface area contributed by atoms with Gasteiger partial charge in [-0.25, -0.2) is 0 Å². The number of benzene rings is 1. The topological polar surface area (TPSA) is 20.2 Å². The van der Waals surface area contributed by atoms with E-state index < -0.39 is 0 Å². The van der Waals surface area contributed by atoms with Gasteiger partial charge in [0, 0.05) is 4.70 Å². The van der Waals surface area contributed by atoms with Gasteiger partial charge >= 0.3 is 0 Å². The van der Waals surface area contributed by atoms with E-state index >= 15 is 0 Å². The molecule has 1 aromatic carbocycles. The van der Waals surface area contributed by atoms with E-state index in [4.69, 9.17) is 0 Å². The minimum absolute atomic E-state index is 0.322. The zero-order valence-corrected chi connectivity index (χ0v) is 9.92. The van der Waals surface area contributed by atoms with Gasteiger partial charge in [0.25, 0.3) is 0 Å². The number of thiophene rings is 1. The summed E-state index contributed by atoms with van der Waals surface area (Å²) in [5.41, 5.74) is 1.09. The average Bonchev–Trinajstić information content (AvgIpc) is 2.70. The molecule has 2 unspecified atom stereocenters. The van der Waals surface area contributed by atoms with Crippen molar-refractivity contribution < 1.29 is 5.11 Å². The second-order valence-electron chi connectivity index (χ2n) is 4.02. The van der Waals surface area contributed by atoms with Gasteiger partial charge in [0.15, 0.2) is 0 Å². The quantitative estimate of drug-likeness (QED) is 0.829. The summed E-state index contributed by atoms with van der Waals surface area (Å²) in [6, 6.07) is 8.26. The van der Waals surface area contributed by atoms with Gasteiger partial charge in [-0.15, -0.1) is 11.3 Å². The fourth-order valence-electron chi connectivity index (χ4n) is 1.76. The summed E-state index contributed by atoms with van der Waals surface area (Å²) in [6.45, 7) is 4.21. The van der Waals surface area contributed by atoms with E-state index in [9.17, 15) is 5.11 Å². The molecule has 2 aromatic rings. The van der Waals surface area contributed by atoms with Gasteiger partial charge in [0.2, 0.25) is 0 Å². The smallest absolute Gasteiger partial charge is 0.0829 e. The van der Waals surface area contributed by atoms with Gasteiger partial charge in [0.05, 0.1) is 6.10 Å². The average molecular weight is 220 g/mol. The molecule has 1 heterocycles. The first-order chi connectivity index (χ1) is 7.24. The summed E-state index contributed by atoms with van der Waals surface area (Å²) < 4.78 is 1.26. The van der Waals surface area contributed by atoms with Crippen LogP contribution in [0.3, 0.4) is 0 Å². The molecule has 0 radical (unpaired) electrons. The molecule has 2 atom stereocenters. The third-order valence-corrected chi connectivity index (χ3v) is 3.99. The molecule has 1 nitrogen and oxygen atoms in total. The normalized spacial score (nSPS) is 15.4. The minimum atomic E-state index is -0.328. The van der Waals surface area contributed by atoms with E-state index in [2.05, 4.69) is 31.4 Å². The van der Waals surface area contributed by atoms with Crippen LogP contribution < -0.4 is 0 Å². The second-order valence-corrected chi connectivity index (χ2v) is 4.93. The summed E-state index contributed by atoms with van der Waals surface area (Å²) in [6.07, 6.45) is 0.678. The van der Waals surface area contributed by atoms with Gasteiger partial charge in [-0.1, -0.05) is 38.5 Å². The van der Waals surface area contributed by atoms with Gasteiger partial charge in [-0.3, -0.25) is 0 Å². The Morgan fingerprint density at radius 3 is 2.80 bits per heavy atom. The number of hydrogen-bond acceptors (Lipinski definition) is 2. The first-order valence-corrected chi connectivity index (χ1v) is 6.26. The van der Waals surface area contributed by atoms with Crippen molar-refractivity contribution in [2.75, 3.05) is 0 Å². The molecule has 0 bridgehead atoms. The van der Waals surface area contributed by atoms with Crippen LogP contribution in [0.4, 0.5) is 0 Å². The van der Waals surface area contributed by atoms with E-state index in [-0.39, 0.29) is 6.10 Å². The van der Waals surface area contributed by atoms with Crippen LogP contribution in [0.25, 0.3) is 10.1 Å². The Morgan fingerprint density at radius 1 is 1.33 bits per heavy atom. The molecule has 0 amide bonds. The molecule has 2 heteroatoms. The maximum atomic E-state index is 10.2. The van der Waals surface area contributed by atoms with E-state index in [0.717, 1.165) is 12.0 Å². The Hall–Kier alpha value is -0.860. The van der Waals surface area contributed by atoms with Crippen molar-refractivity contribution in [1.82, 2.24) is 0 Å². The fourth-order valence-corrected chi connectivity index (χ4v) is 2.75. The second kappa shape index (κ2) is 4.33. The minimum Gasteiger partial charge on any atom is -0.388 e. The van der Waals surface area contributed by atoms with E-state index in [1.807, 2.05) is 12.1 Å². The molecule has 80 valence electrons. The number of aliphatic hydroxyl groups is 1. The Labute approximate surface area is 94.4 Å². The molecule has 1 aromatic heterocycles. The highest BCUT2D eigenvalue weighted by Crippen LogP contribution is 2.34. The third kappa shape index (κ3) is 1.92. The van der Waals surface area contributed by atoms with E-state index in [1.54, 1.807) is 11.3 Å². The third-order valence-electron chi connectivity index (χ3n) is 3.01.